The van der Waals surface area contributed by atoms with Crippen molar-refractivity contribution in [1.29, 1.82) is 0 Å². The third-order valence-corrected chi connectivity index (χ3v) is 3.54. The van der Waals surface area contributed by atoms with Crippen LogP contribution in [0.25, 0.3) is 5.65 Å². The summed E-state index contributed by atoms with van der Waals surface area (Å²) in [5.41, 5.74) is 9.47. The smallest absolute Gasteiger partial charge is 0.161 e. The van der Waals surface area contributed by atoms with E-state index in [0.717, 1.165) is 29.9 Å². The molecule has 0 fully saturated rings. The molecule has 2 aromatic heterocycles. The van der Waals surface area contributed by atoms with Gasteiger partial charge >= 0.3 is 0 Å². The van der Waals surface area contributed by atoms with Crippen LogP contribution in [-0.4, -0.2) is 14.6 Å². The molecular formula is C16H18N4. The van der Waals surface area contributed by atoms with Crippen molar-refractivity contribution in [1.82, 2.24) is 14.6 Å². The molecule has 2 N–H and O–H groups in total. The normalized spacial score (nSPS) is 12.7. The molecule has 102 valence electrons. The molecule has 0 aliphatic heterocycles. The molecule has 0 saturated heterocycles. The van der Waals surface area contributed by atoms with Crippen molar-refractivity contribution in [3.63, 3.8) is 0 Å². The van der Waals surface area contributed by atoms with Gasteiger partial charge in [0.05, 0.1) is 0 Å². The zero-order chi connectivity index (χ0) is 13.9. The van der Waals surface area contributed by atoms with E-state index in [-0.39, 0.29) is 6.04 Å². The molecule has 1 atom stereocenters. The summed E-state index contributed by atoms with van der Waals surface area (Å²) in [6, 6.07) is 14.3. The Bertz CT molecular complexity index is 703. The second kappa shape index (κ2) is 5.43. The summed E-state index contributed by atoms with van der Waals surface area (Å²) in [5.74, 6) is 0.964. The molecule has 0 spiro atoms. The van der Waals surface area contributed by atoms with Crippen molar-refractivity contribution in [3.8, 4) is 0 Å². The van der Waals surface area contributed by atoms with E-state index >= 15 is 0 Å². The molecule has 4 nitrogen and oxygen atoms in total. The molecule has 2 heterocycles. The van der Waals surface area contributed by atoms with Crippen LogP contribution in [0.2, 0.25) is 0 Å². The molecule has 3 rings (SSSR count). The number of hydrogen-bond donors (Lipinski definition) is 1. The minimum atomic E-state index is 0.0361. The van der Waals surface area contributed by atoms with Gasteiger partial charge in [-0.25, -0.2) is 0 Å². The Morgan fingerprint density at radius 1 is 1.15 bits per heavy atom. The number of nitrogens with two attached hydrogens (primary N) is 1. The second-order valence-corrected chi connectivity index (χ2v) is 5.10. The van der Waals surface area contributed by atoms with E-state index in [0.29, 0.717) is 0 Å². The fourth-order valence-electron chi connectivity index (χ4n) is 2.36. The lowest BCUT2D eigenvalue weighted by Gasteiger charge is -2.10. The minimum Gasteiger partial charge on any atom is -0.324 e. The molecule has 0 aliphatic rings. The van der Waals surface area contributed by atoms with Gasteiger partial charge in [0.1, 0.15) is 5.82 Å². The fourth-order valence-corrected chi connectivity index (χ4v) is 2.36. The Morgan fingerprint density at radius 2 is 1.95 bits per heavy atom. The van der Waals surface area contributed by atoms with Gasteiger partial charge in [0.25, 0.3) is 0 Å². The van der Waals surface area contributed by atoms with E-state index < -0.39 is 0 Å². The topological polar surface area (TPSA) is 56.2 Å². The molecule has 1 unspecified atom stereocenters. The van der Waals surface area contributed by atoms with Crippen LogP contribution in [0.1, 0.15) is 29.4 Å². The molecule has 0 bridgehead atoms. The highest BCUT2D eigenvalue weighted by atomic mass is 15.2. The summed E-state index contributed by atoms with van der Waals surface area (Å²) in [6.07, 6.45) is 3.70. The van der Waals surface area contributed by atoms with Crippen LogP contribution in [0, 0.1) is 6.92 Å². The predicted molar refractivity (Wildman–Crippen MR) is 79.4 cm³/mol. The number of aromatic nitrogens is 3. The number of benzene rings is 1. The maximum Gasteiger partial charge on any atom is 0.161 e. The van der Waals surface area contributed by atoms with E-state index in [1.54, 1.807) is 0 Å². The molecule has 1 aromatic carbocycles. The largest absolute Gasteiger partial charge is 0.324 e. The number of aryl methyl sites for hydroxylation is 2. The number of hydrogen-bond acceptors (Lipinski definition) is 3. The summed E-state index contributed by atoms with van der Waals surface area (Å²) in [7, 11) is 0. The number of rotatable bonds is 4. The fraction of sp³-hybridized carbons (Fsp3) is 0.250. The highest BCUT2D eigenvalue weighted by Crippen LogP contribution is 2.16. The van der Waals surface area contributed by atoms with Crippen LogP contribution in [0.5, 0.6) is 0 Å². The molecule has 4 heteroatoms. The second-order valence-electron chi connectivity index (χ2n) is 5.10. The van der Waals surface area contributed by atoms with E-state index in [9.17, 15) is 0 Å². The Balaban J connectivity index is 1.74. The Hall–Kier alpha value is -2.20. The molecule has 0 aliphatic carbocycles. The van der Waals surface area contributed by atoms with Crippen LogP contribution in [-0.2, 0) is 6.42 Å². The zero-order valence-corrected chi connectivity index (χ0v) is 11.5. The number of nitrogens with zero attached hydrogens (tertiary/aromatic N) is 3. The first-order valence-corrected chi connectivity index (χ1v) is 6.85. The zero-order valence-electron chi connectivity index (χ0n) is 11.5. The van der Waals surface area contributed by atoms with E-state index in [2.05, 4.69) is 35.3 Å². The van der Waals surface area contributed by atoms with Gasteiger partial charge in [-0.3, -0.25) is 4.40 Å². The first kappa shape index (κ1) is 12.8. The maximum atomic E-state index is 6.22. The van der Waals surface area contributed by atoms with Crippen LogP contribution in [0.4, 0.5) is 0 Å². The van der Waals surface area contributed by atoms with Crippen LogP contribution in [0.3, 0.4) is 0 Å². The van der Waals surface area contributed by atoms with Gasteiger partial charge in [0.15, 0.2) is 5.65 Å². The quantitative estimate of drug-likeness (QED) is 0.790. The Kier molecular flexibility index (Phi) is 3.48. The SMILES string of the molecule is Cc1ccn2c(CCC(N)c3ccccc3)nnc2c1. The van der Waals surface area contributed by atoms with E-state index in [4.69, 9.17) is 5.73 Å². The molecule has 0 amide bonds. The van der Waals surface area contributed by atoms with E-state index in [1.165, 1.54) is 5.56 Å². The van der Waals surface area contributed by atoms with Gasteiger partial charge < -0.3 is 5.73 Å². The van der Waals surface area contributed by atoms with Crippen molar-refractivity contribution in [2.45, 2.75) is 25.8 Å². The van der Waals surface area contributed by atoms with Gasteiger partial charge in [-0.05, 0) is 36.6 Å². The van der Waals surface area contributed by atoms with Crippen LogP contribution < -0.4 is 5.73 Å². The van der Waals surface area contributed by atoms with E-state index in [1.807, 2.05) is 34.9 Å². The van der Waals surface area contributed by atoms with Crippen molar-refractivity contribution in [2.75, 3.05) is 0 Å². The van der Waals surface area contributed by atoms with Crippen molar-refractivity contribution < 1.29 is 0 Å². The first-order chi connectivity index (χ1) is 9.74. The number of pyridine rings is 1. The van der Waals surface area contributed by atoms with Gasteiger partial charge in [-0.2, -0.15) is 0 Å². The molecule has 0 saturated carbocycles. The molecule has 0 radical (unpaired) electrons. The maximum absolute atomic E-state index is 6.22. The predicted octanol–water partition coefficient (Wildman–Crippen LogP) is 2.67. The Morgan fingerprint density at radius 3 is 2.75 bits per heavy atom. The van der Waals surface area contributed by atoms with Gasteiger partial charge in [-0.1, -0.05) is 30.3 Å². The lowest BCUT2D eigenvalue weighted by Crippen LogP contribution is -2.12. The number of fused-ring (bicyclic) bond motifs is 1. The summed E-state index contributed by atoms with van der Waals surface area (Å²) in [5, 5.41) is 8.46. The van der Waals surface area contributed by atoms with Gasteiger partial charge in [0.2, 0.25) is 0 Å². The first-order valence-electron chi connectivity index (χ1n) is 6.85. The van der Waals surface area contributed by atoms with Crippen LogP contribution in [0.15, 0.2) is 48.7 Å². The summed E-state index contributed by atoms with van der Waals surface area (Å²) in [4.78, 5) is 0. The van der Waals surface area contributed by atoms with Crippen molar-refractivity contribution >= 4 is 5.65 Å². The molecular weight excluding hydrogens is 248 g/mol. The summed E-state index contributed by atoms with van der Waals surface area (Å²) >= 11 is 0. The highest BCUT2D eigenvalue weighted by Gasteiger charge is 2.09. The Labute approximate surface area is 118 Å². The highest BCUT2D eigenvalue weighted by molar-refractivity contribution is 5.40. The van der Waals surface area contributed by atoms with Gasteiger partial charge in [-0.15, -0.1) is 10.2 Å². The van der Waals surface area contributed by atoms with Crippen LogP contribution >= 0.6 is 0 Å². The summed E-state index contributed by atoms with van der Waals surface area (Å²) in [6.45, 7) is 2.06. The minimum absolute atomic E-state index is 0.0361. The van der Waals surface area contributed by atoms with Gasteiger partial charge in [0, 0.05) is 18.7 Å². The molecule has 3 aromatic rings. The standard InChI is InChI=1S/C16H18N4/c1-12-9-10-20-15(18-19-16(20)11-12)8-7-14(17)13-5-3-2-4-6-13/h2-6,9-11,14H,7-8,17H2,1H3. The average molecular weight is 266 g/mol. The summed E-state index contributed by atoms with van der Waals surface area (Å²) < 4.78 is 2.03. The monoisotopic (exact) mass is 266 g/mol. The third kappa shape index (κ3) is 2.56. The third-order valence-electron chi connectivity index (χ3n) is 3.54. The molecule has 20 heavy (non-hydrogen) atoms. The lowest BCUT2D eigenvalue weighted by atomic mass is 10.0. The van der Waals surface area contributed by atoms with Crippen molar-refractivity contribution in [2.24, 2.45) is 5.73 Å². The lowest BCUT2D eigenvalue weighted by molar-refractivity contribution is 0.631. The average Bonchev–Trinajstić information content (AvgIpc) is 2.88. The van der Waals surface area contributed by atoms with Crippen molar-refractivity contribution in [3.05, 3.63) is 65.6 Å².